The molecule has 0 spiro atoms. The van der Waals surface area contributed by atoms with Gasteiger partial charge in [-0.1, -0.05) is 27.7 Å². The first-order valence-electron chi connectivity index (χ1n) is 8.38. The summed E-state index contributed by atoms with van der Waals surface area (Å²) in [6, 6.07) is 8.44. The molecule has 26 heavy (non-hydrogen) atoms. The third-order valence-corrected chi connectivity index (χ3v) is 2.71. The van der Waals surface area contributed by atoms with E-state index in [1.807, 2.05) is 39.8 Å². The van der Waals surface area contributed by atoms with E-state index in [1.54, 1.807) is 12.1 Å². The molecular weight excluding hydrogens is 332 g/mol. The Hall–Kier alpha value is -3.12. The van der Waals surface area contributed by atoms with Crippen LogP contribution in [0.25, 0.3) is 6.08 Å². The molecule has 1 aromatic carbocycles. The second kappa shape index (κ2) is 15.4. The highest BCUT2D eigenvalue weighted by Gasteiger charge is 2.17. The van der Waals surface area contributed by atoms with Gasteiger partial charge in [0.05, 0.1) is 31.2 Å². The number of hydrogen-bond acceptors (Lipinski definition) is 6. The zero-order valence-electron chi connectivity index (χ0n) is 16.3. The molecule has 0 heterocycles. The van der Waals surface area contributed by atoms with Gasteiger partial charge in [0.2, 0.25) is 0 Å². The van der Waals surface area contributed by atoms with Crippen molar-refractivity contribution in [2.45, 2.75) is 41.0 Å². The number of nitriles is 2. The average molecular weight is 358 g/mol. The minimum atomic E-state index is -0.797. The Balaban J connectivity index is 0. The van der Waals surface area contributed by atoms with Gasteiger partial charge in [0.1, 0.15) is 17.9 Å². The smallest absolute Gasteiger partial charge is 0.341 e. The van der Waals surface area contributed by atoms with Gasteiger partial charge in [-0.2, -0.15) is 10.5 Å². The standard InChI is InChI=1S/C16H14N2O4.2C2H6/c1-11(19)14(16(20)22-7-3-6-17)9-13-5-4-12(10-18)8-15(13)21-2;2*1-2/h4-5,8-9H,3,7H2,1-2H3;2*1-2H3/b14-9-;;. The summed E-state index contributed by atoms with van der Waals surface area (Å²) < 4.78 is 10.00. The van der Waals surface area contributed by atoms with E-state index >= 15 is 0 Å². The van der Waals surface area contributed by atoms with Crippen LogP contribution < -0.4 is 4.74 Å². The van der Waals surface area contributed by atoms with Crippen LogP contribution in [0.1, 0.15) is 52.2 Å². The van der Waals surface area contributed by atoms with Crippen LogP contribution in [0.15, 0.2) is 23.8 Å². The van der Waals surface area contributed by atoms with Gasteiger partial charge in [-0.05, 0) is 31.2 Å². The molecule has 1 rings (SSSR count). The third-order valence-electron chi connectivity index (χ3n) is 2.71. The molecule has 6 nitrogen and oxygen atoms in total. The van der Waals surface area contributed by atoms with Crippen LogP contribution in [-0.2, 0) is 14.3 Å². The fraction of sp³-hybridized carbons (Fsp3) is 0.400. The number of ketones is 1. The van der Waals surface area contributed by atoms with E-state index in [-0.39, 0.29) is 18.6 Å². The molecule has 0 aliphatic carbocycles. The van der Waals surface area contributed by atoms with E-state index in [0.29, 0.717) is 16.9 Å². The Bertz CT molecular complexity index is 695. The summed E-state index contributed by atoms with van der Waals surface area (Å²) in [6.45, 7) is 9.16. The first-order valence-corrected chi connectivity index (χ1v) is 8.38. The van der Waals surface area contributed by atoms with Crippen molar-refractivity contribution in [3.8, 4) is 17.9 Å². The van der Waals surface area contributed by atoms with E-state index < -0.39 is 11.8 Å². The van der Waals surface area contributed by atoms with Crippen LogP contribution in [0.3, 0.4) is 0 Å². The molecule has 0 N–H and O–H groups in total. The minimum absolute atomic E-state index is 0.0527. The van der Waals surface area contributed by atoms with E-state index in [9.17, 15) is 9.59 Å². The maximum Gasteiger partial charge on any atom is 0.341 e. The van der Waals surface area contributed by atoms with Gasteiger partial charge in [-0.3, -0.25) is 4.79 Å². The summed E-state index contributed by atoms with van der Waals surface area (Å²) in [4.78, 5) is 23.5. The third kappa shape index (κ3) is 8.65. The second-order valence-electron chi connectivity index (χ2n) is 4.23. The van der Waals surface area contributed by atoms with Crippen LogP contribution in [0.2, 0.25) is 0 Å². The van der Waals surface area contributed by atoms with Crippen molar-refractivity contribution in [2.75, 3.05) is 13.7 Å². The average Bonchev–Trinajstić information content (AvgIpc) is 2.68. The van der Waals surface area contributed by atoms with Crippen LogP contribution in [0.5, 0.6) is 5.75 Å². The predicted molar refractivity (Wildman–Crippen MR) is 100 cm³/mol. The lowest BCUT2D eigenvalue weighted by atomic mass is 10.1. The van der Waals surface area contributed by atoms with Gasteiger partial charge in [-0.15, -0.1) is 0 Å². The largest absolute Gasteiger partial charge is 0.496 e. The molecule has 0 aromatic heterocycles. The Morgan fingerprint density at radius 2 is 1.77 bits per heavy atom. The molecule has 0 atom stereocenters. The number of carbonyl (C=O) groups excluding carboxylic acids is 2. The number of methoxy groups -OCH3 is 1. The van der Waals surface area contributed by atoms with Crippen LogP contribution in [0, 0.1) is 22.7 Å². The summed E-state index contributed by atoms with van der Waals surface area (Å²) >= 11 is 0. The fourth-order valence-corrected chi connectivity index (χ4v) is 1.63. The van der Waals surface area contributed by atoms with Crippen LogP contribution >= 0.6 is 0 Å². The number of benzene rings is 1. The van der Waals surface area contributed by atoms with E-state index in [4.69, 9.17) is 20.0 Å². The molecule has 0 aliphatic heterocycles. The van der Waals surface area contributed by atoms with Gasteiger partial charge in [0.25, 0.3) is 0 Å². The molecule has 0 bridgehead atoms. The quantitative estimate of drug-likeness (QED) is 0.250. The summed E-state index contributed by atoms with van der Waals surface area (Å²) in [5.41, 5.74) is 0.722. The van der Waals surface area contributed by atoms with E-state index in [0.717, 1.165) is 0 Å². The Morgan fingerprint density at radius 1 is 1.15 bits per heavy atom. The van der Waals surface area contributed by atoms with Gasteiger partial charge in [0.15, 0.2) is 5.78 Å². The van der Waals surface area contributed by atoms with Crippen LogP contribution in [-0.4, -0.2) is 25.5 Å². The molecule has 0 aliphatic rings. The maximum absolute atomic E-state index is 11.9. The van der Waals surface area contributed by atoms with Crippen molar-refractivity contribution in [2.24, 2.45) is 0 Å². The monoisotopic (exact) mass is 358 g/mol. The van der Waals surface area contributed by atoms with Crippen molar-refractivity contribution in [3.05, 3.63) is 34.9 Å². The molecule has 6 heteroatoms. The normalized spacial score (nSPS) is 9.15. The van der Waals surface area contributed by atoms with Crippen molar-refractivity contribution < 1.29 is 19.1 Å². The van der Waals surface area contributed by atoms with Crippen molar-refractivity contribution in [3.63, 3.8) is 0 Å². The first kappa shape index (κ1) is 25.1. The molecular formula is C20H26N2O4. The highest BCUT2D eigenvalue weighted by molar-refractivity contribution is 6.19. The topological polar surface area (TPSA) is 100 Å². The number of rotatable bonds is 6. The first-order chi connectivity index (χ1) is 12.5. The maximum atomic E-state index is 11.9. The molecule has 0 radical (unpaired) electrons. The second-order valence-corrected chi connectivity index (χ2v) is 4.23. The van der Waals surface area contributed by atoms with Gasteiger partial charge in [-0.25, -0.2) is 4.79 Å². The zero-order valence-corrected chi connectivity index (χ0v) is 16.3. The van der Waals surface area contributed by atoms with Gasteiger partial charge < -0.3 is 9.47 Å². The number of hydrogen-bond donors (Lipinski definition) is 0. The number of nitrogens with zero attached hydrogens (tertiary/aromatic N) is 2. The Morgan fingerprint density at radius 3 is 2.23 bits per heavy atom. The molecule has 140 valence electrons. The van der Waals surface area contributed by atoms with E-state index in [2.05, 4.69) is 0 Å². The van der Waals surface area contributed by atoms with Crippen molar-refractivity contribution in [1.29, 1.82) is 10.5 Å². The molecule has 1 aromatic rings. The number of carbonyl (C=O) groups is 2. The highest BCUT2D eigenvalue weighted by Crippen LogP contribution is 2.23. The van der Waals surface area contributed by atoms with Gasteiger partial charge in [0, 0.05) is 5.56 Å². The summed E-state index contributed by atoms with van der Waals surface area (Å²) in [7, 11) is 1.42. The molecule has 0 unspecified atom stereocenters. The fourth-order valence-electron chi connectivity index (χ4n) is 1.63. The predicted octanol–water partition coefficient (Wildman–Crippen LogP) is 4.05. The number of Topliss-reactive ketones (excluding diaryl/α,β-unsaturated/α-hetero) is 1. The number of esters is 1. The number of ether oxygens (including phenoxy) is 2. The molecule has 0 fully saturated rings. The summed E-state index contributed by atoms with van der Waals surface area (Å²) in [6.07, 6.45) is 1.40. The lowest BCUT2D eigenvalue weighted by Crippen LogP contribution is -2.14. The highest BCUT2D eigenvalue weighted by atomic mass is 16.5. The van der Waals surface area contributed by atoms with Crippen molar-refractivity contribution in [1.82, 2.24) is 0 Å². The lowest BCUT2D eigenvalue weighted by molar-refractivity contribution is -0.140. The van der Waals surface area contributed by atoms with Gasteiger partial charge >= 0.3 is 5.97 Å². The Kier molecular flexibility index (Phi) is 14.9. The van der Waals surface area contributed by atoms with E-state index in [1.165, 1.54) is 26.2 Å². The summed E-state index contributed by atoms with van der Waals surface area (Å²) in [5, 5.41) is 17.3. The zero-order chi connectivity index (χ0) is 20.5. The lowest BCUT2D eigenvalue weighted by Gasteiger charge is -2.08. The SMILES string of the molecule is CC.CC.COc1cc(C#N)ccc1/C=C(/C(C)=O)C(=O)OCCC#N. The van der Waals surface area contributed by atoms with Crippen molar-refractivity contribution >= 4 is 17.8 Å². The minimum Gasteiger partial charge on any atom is -0.496 e. The summed E-state index contributed by atoms with van der Waals surface area (Å²) in [5.74, 6) is -0.898. The Labute approximate surface area is 155 Å². The molecule has 0 amide bonds. The molecule has 0 saturated carbocycles. The van der Waals surface area contributed by atoms with Crippen LogP contribution in [0.4, 0.5) is 0 Å². The molecule has 0 saturated heterocycles.